The number of rotatable bonds is 6. The molecule has 3 aromatic rings. The second-order valence-corrected chi connectivity index (χ2v) is 6.95. The van der Waals surface area contributed by atoms with Crippen LogP contribution in [0.1, 0.15) is 11.9 Å². The van der Waals surface area contributed by atoms with E-state index in [4.69, 9.17) is 4.74 Å². The molecule has 2 N–H and O–H groups in total. The monoisotopic (exact) mass is 367 g/mol. The van der Waals surface area contributed by atoms with Gasteiger partial charge in [0.05, 0.1) is 23.5 Å². The number of amides is 1. The van der Waals surface area contributed by atoms with Gasteiger partial charge in [-0.1, -0.05) is 24.3 Å². The number of nitrogens with one attached hydrogen (secondary N) is 2. The molecule has 0 fully saturated rings. The highest BCUT2D eigenvalue weighted by molar-refractivity contribution is 7.09. The van der Waals surface area contributed by atoms with Crippen molar-refractivity contribution in [2.75, 3.05) is 17.7 Å². The van der Waals surface area contributed by atoms with Gasteiger partial charge in [-0.05, 0) is 38.1 Å². The first-order valence-electron chi connectivity index (χ1n) is 8.30. The number of aryl methyl sites for hydroxylation is 1. The SMILES string of the molecule is COc1ccccc1NC(=O)[C@H](C)Nc1cccc(-c2csc(C)n2)c1. The maximum absolute atomic E-state index is 12.5. The minimum Gasteiger partial charge on any atom is -0.495 e. The van der Waals surface area contributed by atoms with Gasteiger partial charge in [-0.3, -0.25) is 4.79 Å². The van der Waals surface area contributed by atoms with Gasteiger partial charge in [0.1, 0.15) is 11.8 Å². The van der Waals surface area contributed by atoms with Crippen molar-refractivity contribution < 1.29 is 9.53 Å². The zero-order chi connectivity index (χ0) is 18.5. The van der Waals surface area contributed by atoms with E-state index in [-0.39, 0.29) is 5.91 Å². The number of anilines is 2. The molecule has 1 heterocycles. The Morgan fingerprint density at radius 3 is 2.73 bits per heavy atom. The normalized spacial score (nSPS) is 11.7. The van der Waals surface area contributed by atoms with Gasteiger partial charge in [-0.25, -0.2) is 4.98 Å². The molecule has 1 amide bonds. The molecular formula is C20H21N3O2S. The first-order chi connectivity index (χ1) is 12.6. The lowest BCUT2D eigenvalue weighted by Gasteiger charge is -2.17. The summed E-state index contributed by atoms with van der Waals surface area (Å²) in [5.74, 6) is 0.498. The van der Waals surface area contributed by atoms with Gasteiger partial charge in [0.25, 0.3) is 0 Å². The van der Waals surface area contributed by atoms with Crippen LogP contribution in [0.25, 0.3) is 11.3 Å². The predicted molar refractivity (Wildman–Crippen MR) is 107 cm³/mol. The van der Waals surface area contributed by atoms with Gasteiger partial charge < -0.3 is 15.4 Å². The van der Waals surface area contributed by atoms with Crippen LogP contribution >= 0.6 is 11.3 Å². The van der Waals surface area contributed by atoms with Gasteiger partial charge >= 0.3 is 0 Å². The van der Waals surface area contributed by atoms with Crippen LogP contribution in [0.5, 0.6) is 5.75 Å². The van der Waals surface area contributed by atoms with Crippen LogP contribution in [0.3, 0.4) is 0 Å². The average molecular weight is 367 g/mol. The summed E-state index contributed by atoms with van der Waals surface area (Å²) in [6, 6.07) is 14.8. The first-order valence-corrected chi connectivity index (χ1v) is 9.18. The predicted octanol–water partition coefficient (Wildman–Crippen LogP) is 4.57. The highest BCUT2D eigenvalue weighted by Gasteiger charge is 2.15. The molecule has 0 saturated carbocycles. The van der Waals surface area contributed by atoms with E-state index in [0.717, 1.165) is 22.0 Å². The zero-order valence-electron chi connectivity index (χ0n) is 14.9. The van der Waals surface area contributed by atoms with Gasteiger partial charge in [-0.15, -0.1) is 11.3 Å². The van der Waals surface area contributed by atoms with E-state index >= 15 is 0 Å². The van der Waals surface area contributed by atoms with E-state index in [1.54, 1.807) is 18.4 Å². The van der Waals surface area contributed by atoms with Crippen molar-refractivity contribution in [2.45, 2.75) is 19.9 Å². The molecule has 134 valence electrons. The van der Waals surface area contributed by atoms with E-state index in [9.17, 15) is 4.79 Å². The van der Waals surface area contributed by atoms with Crippen molar-refractivity contribution in [1.29, 1.82) is 0 Å². The summed E-state index contributed by atoms with van der Waals surface area (Å²) in [5.41, 5.74) is 3.50. The highest BCUT2D eigenvalue weighted by atomic mass is 32.1. The van der Waals surface area contributed by atoms with Gasteiger partial charge in [0.2, 0.25) is 5.91 Å². The number of carbonyl (C=O) groups is 1. The molecule has 0 radical (unpaired) electrons. The van der Waals surface area contributed by atoms with E-state index in [1.807, 2.05) is 67.8 Å². The van der Waals surface area contributed by atoms with Crippen molar-refractivity contribution >= 4 is 28.6 Å². The van der Waals surface area contributed by atoms with Crippen LogP contribution in [0.15, 0.2) is 53.9 Å². The fourth-order valence-corrected chi connectivity index (χ4v) is 3.19. The average Bonchev–Trinajstić information content (AvgIpc) is 3.09. The number of para-hydroxylation sites is 2. The number of benzene rings is 2. The molecule has 2 aromatic carbocycles. The third kappa shape index (κ3) is 4.21. The maximum Gasteiger partial charge on any atom is 0.246 e. The van der Waals surface area contributed by atoms with Crippen LogP contribution in [0.4, 0.5) is 11.4 Å². The Labute approximate surface area is 157 Å². The van der Waals surface area contributed by atoms with Crippen LogP contribution < -0.4 is 15.4 Å². The number of nitrogens with zero attached hydrogens (tertiary/aromatic N) is 1. The molecule has 1 aromatic heterocycles. The zero-order valence-corrected chi connectivity index (χ0v) is 15.8. The second-order valence-electron chi connectivity index (χ2n) is 5.89. The molecule has 5 nitrogen and oxygen atoms in total. The summed E-state index contributed by atoms with van der Waals surface area (Å²) in [4.78, 5) is 17.0. The Morgan fingerprint density at radius 2 is 2.00 bits per heavy atom. The van der Waals surface area contributed by atoms with Crippen LogP contribution in [0.2, 0.25) is 0 Å². The molecule has 0 unspecified atom stereocenters. The number of hydrogen-bond donors (Lipinski definition) is 2. The van der Waals surface area contributed by atoms with Crippen LogP contribution in [-0.4, -0.2) is 24.0 Å². The van der Waals surface area contributed by atoms with Gasteiger partial charge in [-0.2, -0.15) is 0 Å². The standard InChI is InChI=1S/C20H21N3O2S/c1-13(20(24)23-17-9-4-5-10-19(17)25-3)21-16-8-6-7-15(11-16)18-12-26-14(2)22-18/h4-13,21H,1-3H3,(H,23,24)/t13-/m0/s1. The fraction of sp³-hybridized carbons (Fsp3) is 0.200. The number of carbonyl (C=O) groups excluding carboxylic acids is 1. The van der Waals surface area contributed by atoms with Crippen molar-refractivity contribution in [3.63, 3.8) is 0 Å². The molecular weight excluding hydrogens is 346 g/mol. The Balaban J connectivity index is 1.69. The fourth-order valence-electron chi connectivity index (χ4n) is 2.57. The van der Waals surface area contributed by atoms with Crippen molar-refractivity contribution in [2.24, 2.45) is 0 Å². The number of methoxy groups -OCH3 is 1. The third-order valence-electron chi connectivity index (χ3n) is 3.92. The van der Waals surface area contributed by atoms with Crippen molar-refractivity contribution in [3.8, 4) is 17.0 Å². The molecule has 26 heavy (non-hydrogen) atoms. The molecule has 1 atom stereocenters. The molecule has 0 aliphatic heterocycles. The largest absolute Gasteiger partial charge is 0.495 e. The van der Waals surface area contributed by atoms with Gasteiger partial charge in [0, 0.05) is 16.6 Å². The Bertz CT molecular complexity index is 907. The summed E-state index contributed by atoms with van der Waals surface area (Å²) in [7, 11) is 1.58. The lowest BCUT2D eigenvalue weighted by Crippen LogP contribution is -2.32. The molecule has 6 heteroatoms. The smallest absolute Gasteiger partial charge is 0.246 e. The highest BCUT2D eigenvalue weighted by Crippen LogP contribution is 2.25. The van der Waals surface area contributed by atoms with E-state index in [0.29, 0.717) is 11.4 Å². The summed E-state index contributed by atoms with van der Waals surface area (Å²) in [6.07, 6.45) is 0. The molecule has 0 spiro atoms. The summed E-state index contributed by atoms with van der Waals surface area (Å²) in [5, 5.41) is 9.20. The number of ether oxygens (including phenoxy) is 1. The summed E-state index contributed by atoms with van der Waals surface area (Å²) >= 11 is 1.62. The lowest BCUT2D eigenvalue weighted by atomic mass is 10.1. The number of thiazole rings is 1. The van der Waals surface area contributed by atoms with Gasteiger partial charge in [0.15, 0.2) is 0 Å². The molecule has 0 bridgehead atoms. The minimum absolute atomic E-state index is 0.135. The van der Waals surface area contributed by atoms with Crippen molar-refractivity contribution in [1.82, 2.24) is 4.98 Å². The Hall–Kier alpha value is -2.86. The molecule has 3 rings (SSSR count). The number of aromatic nitrogens is 1. The quantitative estimate of drug-likeness (QED) is 0.670. The Kier molecular flexibility index (Phi) is 5.53. The lowest BCUT2D eigenvalue weighted by molar-refractivity contribution is -0.116. The van der Waals surface area contributed by atoms with E-state index < -0.39 is 6.04 Å². The first kappa shape index (κ1) is 17.9. The van der Waals surface area contributed by atoms with Crippen LogP contribution in [-0.2, 0) is 4.79 Å². The second kappa shape index (κ2) is 8.01. The molecule has 0 saturated heterocycles. The topological polar surface area (TPSA) is 63.2 Å². The maximum atomic E-state index is 12.5. The summed E-state index contributed by atoms with van der Waals surface area (Å²) in [6.45, 7) is 3.81. The molecule has 0 aliphatic rings. The van der Waals surface area contributed by atoms with E-state index in [2.05, 4.69) is 15.6 Å². The minimum atomic E-state index is -0.410. The van der Waals surface area contributed by atoms with E-state index in [1.165, 1.54) is 0 Å². The third-order valence-corrected chi connectivity index (χ3v) is 4.69. The van der Waals surface area contributed by atoms with Crippen LogP contribution in [0, 0.1) is 6.92 Å². The summed E-state index contributed by atoms with van der Waals surface area (Å²) < 4.78 is 5.27. The van der Waals surface area contributed by atoms with Crippen molar-refractivity contribution in [3.05, 3.63) is 58.9 Å². The molecule has 0 aliphatic carbocycles. The number of hydrogen-bond acceptors (Lipinski definition) is 5. The Morgan fingerprint density at radius 1 is 1.19 bits per heavy atom.